The van der Waals surface area contributed by atoms with E-state index in [0.717, 1.165) is 131 Å². The molecule has 0 radical (unpaired) electrons. The van der Waals surface area contributed by atoms with Gasteiger partial charge in [-0.3, -0.25) is 4.79 Å². The summed E-state index contributed by atoms with van der Waals surface area (Å²) in [6.45, 7) is 8.28. The second-order valence-corrected chi connectivity index (χ2v) is 22.9. The summed E-state index contributed by atoms with van der Waals surface area (Å²) in [5.41, 5.74) is 26.1. The number of amides is 1. The van der Waals surface area contributed by atoms with Crippen LogP contribution in [0.25, 0.3) is 43.9 Å². The molecule has 10 heteroatoms. The molecule has 0 bridgehead atoms. The number of fused-ring (bicyclic) bond motifs is 6. The SMILES string of the molecule is CCCCCCCCCCCC(Cc1ccc(Cn2c(CCCC)nc3c(N)nc4ccccc4c32)cc1)Cc1ccc(Cn2c(CCCC)nc3c(N)nc4ccccc4c32)cc1.CN(C)C(=O)C(c1ccccc1)c1ccccc1. The predicted molar refractivity (Wildman–Crippen MR) is 343 cm³/mol. The molecular weight excluding hydrogens is 1010 g/mol. The summed E-state index contributed by atoms with van der Waals surface area (Å²) in [4.78, 5) is 33.6. The lowest BCUT2D eigenvalue weighted by Crippen LogP contribution is -2.28. The summed E-state index contributed by atoms with van der Waals surface area (Å²) in [5.74, 6) is 3.64. The lowest BCUT2D eigenvalue weighted by molar-refractivity contribution is -0.129. The first-order chi connectivity index (χ1) is 40.1. The highest BCUT2D eigenvalue weighted by atomic mass is 16.2. The van der Waals surface area contributed by atoms with Gasteiger partial charge < -0.3 is 25.5 Å². The number of hydrogen-bond acceptors (Lipinski definition) is 7. The van der Waals surface area contributed by atoms with Crippen LogP contribution in [0.15, 0.2) is 158 Å². The second-order valence-electron chi connectivity index (χ2n) is 22.9. The van der Waals surface area contributed by atoms with Crippen molar-refractivity contribution in [2.24, 2.45) is 5.92 Å². The van der Waals surface area contributed by atoms with Crippen LogP contribution in [-0.4, -0.2) is 54.0 Å². The molecule has 0 saturated heterocycles. The van der Waals surface area contributed by atoms with Crippen LogP contribution in [-0.2, 0) is 43.6 Å². The molecule has 0 fully saturated rings. The number of anilines is 2. The zero-order valence-electron chi connectivity index (χ0n) is 49.5. The molecule has 6 aromatic carbocycles. The van der Waals surface area contributed by atoms with Crippen LogP contribution in [0.3, 0.4) is 0 Å². The minimum absolute atomic E-state index is 0.104. The van der Waals surface area contributed by atoms with Crippen LogP contribution < -0.4 is 11.5 Å². The van der Waals surface area contributed by atoms with Gasteiger partial charge in [0.15, 0.2) is 11.6 Å². The maximum atomic E-state index is 12.4. The molecule has 1 amide bonds. The second kappa shape index (κ2) is 29.2. The number of unbranched alkanes of at least 4 members (excludes halogenated alkanes) is 10. The molecule has 10 aromatic rings. The monoisotopic (exact) mass is 1090 g/mol. The van der Waals surface area contributed by atoms with Gasteiger partial charge in [0.05, 0.1) is 28.0 Å². The van der Waals surface area contributed by atoms with Crippen molar-refractivity contribution in [3.8, 4) is 0 Å². The number of aromatic nitrogens is 6. The van der Waals surface area contributed by atoms with E-state index in [1.807, 2.05) is 84.9 Å². The number of nitrogens with zero attached hydrogens (tertiary/aromatic N) is 7. The Bertz CT molecular complexity index is 3390. The summed E-state index contributed by atoms with van der Waals surface area (Å²) in [7, 11) is 3.59. The van der Waals surface area contributed by atoms with Gasteiger partial charge in [-0.1, -0.05) is 237 Å². The maximum absolute atomic E-state index is 12.4. The fourth-order valence-corrected chi connectivity index (χ4v) is 11.8. The van der Waals surface area contributed by atoms with Crippen molar-refractivity contribution in [2.75, 3.05) is 25.6 Å². The quantitative estimate of drug-likeness (QED) is 0.0490. The number of likely N-dealkylation sites (N-methyl/N-ethyl adjacent to an activating group) is 1. The van der Waals surface area contributed by atoms with Crippen LogP contribution >= 0.6 is 0 Å². The number of benzene rings is 6. The zero-order valence-corrected chi connectivity index (χ0v) is 49.5. The van der Waals surface area contributed by atoms with Crippen molar-refractivity contribution < 1.29 is 4.79 Å². The smallest absolute Gasteiger partial charge is 0.234 e. The van der Waals surface area contributed by atoms with Crippen LogP contribution in [0.1, 0.15) is 162 Å². The Labute approximate surface area is 487 Å². The van der Waals surface area contributed by atoms with Crippen molar-refractivity contribution in [3.63, 3.8) is 0 Å². The number of carbonyl (C=O) groups is 1. The first-order valence-corrected chi connectivity index (χ1v) is 30.7. The standard InChI is InChI=1S/C56H70N8.C16H17NO/c1-4-7-10-11-12-13-14-15-16-21-44(36-40-28-32-42(33-29-40)38-63-49(26-8-5-2)61-51-53(63)45-22-17-19-24-47(45)59-55(51)57)37-41-30-34-43(35-31-41)39-64-50(27-9-6-3)62-52-54(64)46-23-18-20-25-48(46)60-56(52)58;1-17(2)16(18)15(13-9-5-3-6-10-13)14-11-7-4-8-12-14/h17-20,22-25,28-35,44H,4-16,21,26-27,36-39H2,1-3H3,(H2,57,59)(H2,58,60);3-12,15H,1-2H3. The lowest BCUT2D eigenvalue weighted by Gasteiger charge is -2.21. The third kappa shape index (κ3) is 14.8. The molecular formula is C72H87N9O. The highest BCUT2D eigenvalue weighted by molar-refractivity contribution is 6.07. The molecule has 10 nitrogen and oxygen atoms in total. The van der Waals surface area contributed by atoms with Gasteiger partial charge in [0.2, 0.25) is 5.91 Å². The fourth-order valence-electron chi connectivity index (χ4n) is 11.8. The molecule has 82 heavy (non-hydrogen) atoms. The fraction of sp³-hybridized carbons (Fsp3) is 0.375. The Hall–Kier alpha value is -7.85. The highest BCUT2D eigenvalue weighted by Crippen LogP contribution is 2.33. The molecule has 0 atom stereocenters. The van der Waals surface area contributed by atoms with Crippen LogP contribution in [0, 0.1) is 5.92 Å². The Morgan fingerprint density at radius 2 is 0.829 bits per heavy atom. The summed E-state index contributed by atoms with van der Waals surface area (Å²) in [6.07, 6.45) is 21.8. The molecule has 10 rings (SSSR count). The Balaban J connectivity index is 0.000000382. The van der Waals surface area contributed by atoms with Crippen LogP contribution in [0.5, 0.6) is 0 Å². The Morgan fingerprint density at radius 3 is 1.24 bits per heavy atom. The number of nitrogens with two attached hydrogens (primary N) is 2. The van der Waals surface area contributed by atoms with Gasteiger partial charge in [0, 0.05) is 50.8 Å². The third-order valence-electron chi connectivity index (χ3n) is 16.3. The normalized spacial score (nSPS) is 11.6. The van der Waals surface area contributed by atoms with Crippen LogP contribution in [0.2, 0.25) is 0 Å². The topological polar surface area (TPSA) is 134 Å². The molecule has 4 heterocycles. The van der Waals surface area contributed by atoms with Crippen molar-refractivity contribution in [3.05, 3.63) is 203 Å². The molecule has 0 spiro atoms. The van der Waals surface area contributed by atoms with E-state index in [0.29, 0.717) is 17.6 Å². The molecule has 0 aliphatic carbocycles. The van der Waals surface area contributed by atoms with Gasteiger partial charge in [-0.25, -0.2) is 19.9 Å². The van der Waals surface area contributed by atoms with E-state index in [1.54, 1.807) is 19.0 Å². The molecule has 0 unspecified atom stereocenters. The molecule has 426 valence electrons. The third-order valence-corrected chi connectivity index (χ3v) is 16.3. The molecule has 4 N–H and O–H groups in total. The van der Waals surface area contributed by atoms with Gasteiger partial charge in [-0.2, -0.15) is 0 Å². The van der Waals surface area contributed by atoms with E-state index in [4.69, 9.17) is 31.4 Å². The molecule has 0 aliphatic rings. The first-order valence-electron chi connectivity index (χ1n) is 30.7. The number of aryl methyl sites for hydroxylation is 2. The Kier molecular flexibility index (Phi) is 21.0. The van der Waals surface area contributed by atoms with Crippen molar-refractivity contribution >= 4 is 61.4 Å². The van der Waals surface area contributed by atoms with E-state index >= 15 is 0 Å². The van der Waals surface area contributed by atoms with Crippen molar-refractivity contribution in [2.45, 2.75) is 155 Å². The summed E-state index contributed by atoms with van der Waals surface area (Å²) in [6, 6.07) is 55.3. The largest absolute Gasteiger partial charge is 0.382 e. The van der Waals surface area contributed by atoms with E-state index in [-0.39, 0.29) is 11.8 Å². The average Bonchev–Trinajstić information content (AvgIpc) is 4.24. The van der Waals surface area contributed by atoms with Gasteiger partial charge >= 0.3 is 0 Å². The van der Waals surface area contributed by atoms with Crippen LogP contribution in [0.4, 0.5) is 11.6 Å². The number of hydrogen-bond donors (Lipinski definition) is 2. The van der Waals surface area contributed by atoms with Gasteiger partial charge in [0.1, 0.15) is 22.7 Å². The number of imidazole rings is 2. The van der Waals surface area contributed by atoms with E-state index in [2.05, 4.69) is 103 Å². The predicted octanol–water partition coefficient (Wildman–Crippen LogP) is 16.7. The lowest BCUT2D eigenvalue weighted by atomic mass is 9.87. The minimum atomic E-state index is -0.220. The van der Waals surface area contributed by atoms with E-state index in [9.17, 15) is 4.79 Å². The number of carbonyl (C=O) groups excluding carboxylic acids is 1. The van der Waals surface area contributed by atoms with Crippen molar-refractivity contribution in [1.82, 2.24) is 34.0 Å². The first kappa shape index (κ1) is 58.8. The maximum Gasteiger partial charge on any atom is 0.234 e. The summed E-state index contributed by atoms with van der Waals surface area (Å²) >= 11 is 0. The Morgan fingerprint density at radius 1 is 0.451 bits per heavy atom. The number of pyridine rings is 2. The minimum Gasteiger partial charge on any atom is -0.382 e. The highest BCUT2D eigenvalue weighted by Gasteiger charge is 2.24. The average molecular weight is 1090 g/mol. The number of nitrogen functional groups attached to an aromatic ring is 2. The van der Waals surface area contributed by atoms with Crippen molar-refractivity contribution in [1.29, 1.82) is 0 Å². The summed E-state index contributed by atoms with van der Waals surface area (Å²) in [5, 5.41) is 2.21. The van der Waals surface area contributed by atoms with E-state index in [1.165, 1.54) is 86.5 Å². The number of rotatable bonds is 27. The van der Waals surface area contributed by atoms with Gasteiger partial charge in [-0.15, -0.1) is 0 Å². The van der Waals surface area contributed by atoms with Gasteiger partial charge in [-0.05, 0) is 83.5 Å². The zero-order chi connectivity index (χ0) is 57.2. The van der Waals surface area contributed by atoms with E-state index < -0.39 is 0 Å². The summed E-state index contributed by atoms with van der Waals surface area (Å²) < 4.78 is 4.79. The molecule has 0 saturated carbocycles. The van der Waals surface area contributed by atoms with Gasteiger partial charge in [0.25, 0.3) is 0 Å². The molecule has 4 aromatic heterocycles. The number of para-hydroxylation sites is 2. The molecule has 0 aliphatic heterocycles.